The first-order chi connectivity index (χ1) is 18.7. The molecule has 1 aliphatic heterocycles. The predicted octanol–water partition coefficient (Wildman–Crippen LogP) is 2.15. The maximum absolute atomic E-state index is 13.4. The van der Waals surface area contributed by atoms with E-state index in [0.717, 1.165) is 11.1 Å². The maximum Gasteiger partial charge on any atom is 0.335 e. The topological polar surface area (TPSA) is 143 Å². The van der Waals surface area contributed by atoms with E-state index in [2.05, 4.69) is 10.6 Å². The van der Waals surface area contributed by atoms with Crippen LogP contribution in [0.25, 0.3) is 16.7 Å². The summed E-state index contributed by atoms with van der Waals surface area (Å²) in [5.74, 6) is -1.81. The van der Waals surface area contributed by atoms with Crippen LogP contribution in [0, 0.1) is 0 Å². The van der Waals surface area contributed by atoms with Crippen molar-refractivity contribution in [3.05, 3.63) is 93.9 Å². The monoisotopic (exact) mass is 525 g/mol. The first-order valence-electron chi connectivity index (χ1n) is 12.2. The number of urea groups is 1. The minimum atomic E-state index is -1.07. The molecule has 2 heterocycles. The van der Waals surface area contributed by atoms with Gasteiger partial charge in [-0.15, -0.1) is 0 Å². The third-order valence-corrected chi connectivity index (χ3v) is 7.56. The van der Waals surface area contributed by atoms with Gasteiger partial charge in [0.1, 0.15) is 12.1 Å². The molecule has 1 fully saturated rings. The lowest BCUT2D eigenvalue weighted by Crippen LogP contribution is -2.48. The molecular formula is C28H23N5O6. The average molecular weight is 526 g/mol. The van der Waals surface area contributed by atoms with Crippen molar-refractivity contribution in [2.24, 2.45) is 0 Å². The van der Waals surface area contributed by atoms with Crippen LogP contribution in [0.2, 0.25) is 0 Å². The molecule has 3 N–H and O–H groups in total. The third-order valence-electron chi connectivity index (χ3n) is 7.56. The van der Waals surface area contributed by atoms with Gasteiger partial charge in [-0.3, -0.25) is 24.0 Å². The SMILES string of the molecule is CN1C(=O)NC(=O)C12Cc1ccc(NC(=O)Cn3c(=O)n(-c4ccc(C(=O)O)cc4)c4ccccc43)cc1C2. The number of hydrogen-bond acceptors (Lipinski definition) is 5. The summed E-state index contributed by atoms with van der Waals surface area (Å²) in [6, 6.07) is 17.9. The fraction of sp³-hybridized carbons (Fsp3) is 0.179. The van der Waals surface area contributed by atoms with Crippen LogP contribution in [-0.2, 0) is 29.0 Å². The van der Waals surface area contributed by atoms with Gasteiger partial charge >= 0.3 is 17.7 Å². The summed E-state index contributed by atoms with van der Waals surface area (Å²) in [5, 5.41) is 14.4. The van der Waals surface area contributed by atoms with E-state index in [4.69, 9.17) is 0 Å². The number of aromatic nitrogens is 2. The molecule has 6 rings (SSSR count). The number of nitrogens with one attached hydrogen (secondary N) is 2. The van der Waals surface area contributed by atoms with Crippen LogP contribution < -0.4 is 16.3 Å². The van der Waals surface area contributed by atoms with Crippen molar-refractivity contribution in [3.63, 3.8) is 0 Å². The molecule has 1 spiro atoms. The molecule has 4 amide bonds. The Hall–Kier alpha value is -5.19. The zero-order valence-electron chi connectivity index (χ0n) is 20.8. The second-order valence-corrected chi connectivity index (χ2v) is 9.78. The Labute approximate surface area is 221 Å². The lowest BCUT2D eigenvalue weighted by molar-refractivity contribution is -0.125. The van der Waals surface area contributed by atoms with E-state index in [1.807, 2.05) is 6.07 Å². The van der Waals surface area contributed by atoms with E-state index in [0.29, 0.717) is 35.2 Å². The summed E-state index contributed by atoms with van der Waals surface area (Å²) in [6.07, 6.45) is 0.737. The number of carboxylic acid groups (broad SMARTS) is 1. The number of carbonyl (C=O) groups excluding carboxylic acids is 3. The van der Waals surface area contributed by atoms with Gasteiger partial charge in [-0.25, -0.2) is 14.4 Å². The van der Waals surface area contributed by atoms with E-state index in [-0.39, 0.29) is 18.0 Å². The highest BCUT2D eigenvalue weighted by atomic mass is 16.4. The normalized spacial score (nSPS) is 18.0. The van der Waals surface area contributed by atoms with E-state index < -0.39 is 29.1 Å². The summed E-state index contributed by atoms with van der Waals surface area (Å²) in [6.45, 7) is -0.250. The molecule has 1 aliphatic carbocycles. The first-order valence-corrected chi connectivity index (χ1v) is 12.2. The van der Waals surface area contributed by atoms with Gasteiger partial charge in [-0.2, -0.15) is 0 Å². The van der Waals surface area contributed by atoms with E-state index in [9.17, 15) is 29.1 Å². The van der Waals surface area contributed by atoms with Crippen molar-refractivity contribution >= 4 is 40.5 Å². The summed E-state index contributed by atoms with van der Waals surface area (Å²) in [7, 11) is 1.60. The van der Waals surface area contributed by atoms with Crippen LogP contribution in [0.3, 0.4) is 0 Å². The first kappa shape index (κ1) is 24.2. The van der Waals surface area contributed by atoms with Crippen molar-refractivity contribution in [1.29, 1.82) is 0 Å². The van der Waals surface area contributed by atoms with Gasteiger partial charge in [0.05, 0.1) is 22.3 Å². The van der Waals surface area contributed by atoms with Gasteiger partial charge in [0.15, 0.2) is 0 Å². The van der Waals surface area contributed by atoms with Crippen molar-refractivity contribution in [3.8, 4) is 5.69 Å². The second-order valence-electron chi connectivity index (χ2n) is 9.78. The largest absolute Gasteiger partial charge is 0.478 e. The lowest BCUT2D eigenvalue weighted by atomic mass is 9.95. The average Bonchev–Trinajstić information content (AvgIpc) is 3.50. The number of rotatable bonds is 5. The molecule has 196 valence electrons. The van der Waals surface area contributed by atoms with Crippen molar-refractivity contribution in [2.45, 2.75) is 24.9 Å². The molecule has 1 saturated heterocycles. The van der Waals surface area contributed by atoms with Gasteiger partial charge in [-0.05, 0) is 59.7 Å². The summed E-state index contributed by atoms with van der Waals surface area (Å²) < 4.78 is 2.80. The van der Waals surface area contributed by atoms with E-state index >= 15 is 0 Å². The van der Waals surface area contributed by atoms with Gasteiger partial charge in [-0.1, -0.05) is 18.2 Å². The van der Waals surface area contributed by atoms with Crippen molar-refractivity contribution in [2.75, 3.05) is 12.4 Å². The van der Waals surface area contributed by atoms with Gasteiger partial charge in [0, 0.05) is 25.6 Å². The minimum absolute atomic E-state index is 0.0991. The number of carboxylic acids is 1. The lowest BCUT2D eigenvalue weighted by Gasteiger charge is -2.27. The van der Waals surface area contributed by atoms with Crippen molar-refractivity contribution < 1.29 is 24.3 Å². The molecule has 4 aromatic rings. The number of aromatic carboxylic acids is 1. The van der Waals surface area contributed by atoms with Crippen LogP contribution >= 0.6 is 0 Å². The Balaban J connectivity index is 1.26. The standard InChI is InChI=1S/C28H23N5O6/c1-31-26(38)30-25(37)28(31)13-17-6-9-19(12-18(17)14-28)29-23(34)15-32-21-4-2-3-5-22(21)33(27(32)39)20-10-7-16(8-11-20)24(35)36/h2-12H,13-15H2,1H3,(H,29,34)(H,35,36)(H,30,37,38). The number of imidazole rings is 1. The molecule has 3 aromatic carbocycles. The van der Waals surface area contributed by atoms with Crippen LogP contribution in [0.15, 0.2) is 71.5 Å². The molecule has 11 nitrogen and oxygen atoms in total. The number of hydrogen-bond donors (Lipinski definition) is 3. The smallest absolute Gasteiger partial charge is 0.335 e. The molecule has 1 unspecified atom stereocenters. The fourth-order valence-electron chi connectivity index (χ4n) is 5.48. The Bertz CT molecular complexity index is 1770. The Kier molecular flexibility index (Phi) is 5.38. The summed E-state index contributed by atoms with van der Waals surface area (Å²) in [4.78, 5) is 63.7. The Morgan fingerprint density at radius 1 is 0.949 bits per heavy atom. The molecule has 39 heavy (non-hydrogen) atoms. The van der Waals surface area contributed by atoms with Crippen LogP contribution in [-0.4, -0.2) is 55.5 Å². The summed E-state index contributed by atoms with van der Waals surface area (Å²) in [5.41, 5.74) is 2.62. The zero-order chi connectivity index (χ0) is 27.5. The van der Waals surface area contributed by atoms with Gasteiger partial charge in [0.2, 0.25) is 5.91 Å². The molecule has 2 aliphatic rings. The minimum Gasteiger partial charge on any atom is -0.478 e. The highest BCUT2D eigenvalue weighted by Gasteiger charge is 2.54. The fourth-order valence-corrected chi connectivity index (χ4v) is 5.48. The third kappa shape index (κ3) is 3.78. The molecule has 0 saturated carbocycles. The molecule has 0 bridgehead atoms. The summed E-state index contributed by atoms with van der Waals surface area (Å²) >= 11 is 0. The predicted molar refractivity (Wildman–Crippen MR) is 141 cm³/mol. The Morgan fingerprint density at radius 2 is 1.64 bits per heavy atom. The van der Waals surface area contributed by atoms with Crippen LogP contribution in [0.4, 0.5) is 10.5 Å². The van der Waals surface area contributed by atoms with Gasteiger partial charge in [0.25, 0.3) is 5.91 Å². The number of amides is 4. The molecule has 11 heteroatoms. The quantitative estimate of drug-likeness (QED) is 0.341. The number of nitrogens with zero attached hydrogens (tertiary/aromatic N) is 3. The Morgan fingerprint density at radius 3 is 2.31 bits per heavy atom. The molecule has 1 atom stereocenters. The number of imide groups is 1. The highest BCUT2D eigenvalue weighted by molar-refractivity contribution is 6.07. The van der Waals surface area contributed by atoms with Crippen LogP contribution in [0.1, 0.15) is 21.5 Å². The van der Waals surface area contributed by atoms with E-state index in [1.165, 1.54) is 26.2 Å². The van der Waals surface area contributed by atoms with Crippen LogP contribution in [0.5, 0.6) is 0 Å². The number of anilines is 1. The number of para-hydroxylation sites is 2. The highest BCUT2D eigenvalue weighted by Crippen LogP contribution is 2.38. The number of fused-ring (bicyclic) bond motifs is 2. The molecule has 0 radical (unpaired) electrons. The van der Waals surface area contributed by atoms with Gasteiger partial charge < -0.3 is 15.3 Å². The number of benzene rings is 3. The second kappa shape index (κ2) is 8.69. The molecular weight excluding hydrogens is 502 g/mol. The zero-order valence-corrected chi connectivity index (χ0v) is 20.8. The van der Waals surface area contributed by atoms with E-state index in [1.54, 1.807) is 55.6 Å². The maximum atomic E-state index is 13.4. The molecule has 1 aromatic heterocycles. The van der Waals surface area contributed by atoms with Crippen molar-refractivity contribution in [1.82, 2.24) is 19.4 Å². The number of likely N-dealkylation sites (N-methyl/N-ethyl adjacent to an activating group) is 1. The number of carbonyl (C=O) groups is 4.